The van der Waals surface area contributed by atoms with Gasteiger partial charge in [0.25, 0.3) is 0 Å². The van der Waals surface area contributed by atoms with Gasteiger partial charge in [0.1, 0.15) is 5.69 Å². The number of aryl methyl sites for hydroxylation is 1. The van der Waals surface area contributed by atoms with Crippen LogP contribution in [0, 0.1) is 0 Å². The quantitative estimate of drug-likeness (QED) is 0.822. The summed E-state index contributed by atoms with van der Waals surface area (Å²) in [7, 11) is 1.28. The van der Waals surface area contributed by atoms with Gasteiger partial charge in [-0.05, 0) is 18.4 Å². The first-order chi connectivity index (χ1) is 10.9. The van der Waals surface area contributed by atoms with Gasteiger partial charge in [-0.25, -0.2) is 0 Å². The summed E-state index contributed by atoms with van der Waals surface area (Å²) in [5.41, 5.74) is 0.363. The number of aliphatic hydroxyl groups is 1. The zero-order valence-electron chi connectivity index (χ0n) is 12.8. The summed E-state index contributed by atoms with van der Waals surface area (Å²) in [5, 5.41) is 15.9. The molecule has 126 valence electrons. The second-order valence-corrected chi connectivity index (χ2v) is 5.35. The summed E-state index contributed by atoms with van der Waals surface area (Å²) < 4.78 is 40.1. The van der Waals surface area contributed by atoms with Gasteiger partial charge >= 0.3 is 6.18 Å². The Morgan fingerprint density at radius 1 is 1.26 bits per heavy atom. The topological polar surface area (TPSA) is 50.1 Å². The zero-order chi connectivity index (χ0) is 16.9. The van der Waals surface area contributed by atoms with Gasteiger partial charge in [-0.1, -0.05) is 30.3 Å². The van der Waals surface area contributed by atoms with Gasteiger partial charge in [-0.15, -0.1) is 0 Å². The molecule has 7 heteroatoms. The third-order valence-corrected chi connectivity index (χ3v) is 3.67. The standard InChI is InChI=1S/C16H20F3N3O/c1-22-15(16(17,18)19)13(11-21-22)10-20-14(8-5-9-23)12-6-3-2-4-7-12/h2-4,6-7,11,14,20,23H,5,8-10H2,1H3. The van der Waals surface area contributed by atoms with E-state index in [1.807, 2.05) is 30.3 Å². The fraction of sp³-hybridized carbons (Fsp3) is 0.438. The Labute approximate surface area is 132 Å². The molecule has 0 fully saturated rings. The summed E-state index contributed by atoms with van der Waals surface area (Å²) in [5.74, 6) is 0. The van der Waals surface area contributed by atoms with Gasteiger partial charge in [0.05, 0.1) is 6.20 Å². The Bertz CT molecular complexity index is 611. The number of benzene rings is 1. The highest BCUT2D eigenvalue weighted by molar-refractivity contribution is 5.22. The minimum atomic E-state index is -4.43. The lowest BCUT2D eigenvalue weighted by atomic mass is 10.0. The van der Waals surface area contributed by atoms with Crippen LogP contribution in [0.25, 0.3) is 0 Å². The SMILES string of the molecule is Cn1ncc(CNC(CCCO)c2ccccc2)c1C(F)(F)F. The number of halogens is 3. The average Bonchev–Trinajstić information content (AvgIpc) is 2.89. The lowest BCUT2D eigenvalue weighted by molar-refractivity contribution is -0.144. The summed E-state index contributed by atoms with van der Waals surface area (Å²) in [6.07, 6.45) is -1.98. The van der Waals surface area contributed by atoms with Crippen molar-refractivity contribution in [2.75, 3.05) is 6.61 Å². The number of rotatable bonds is 7. The van der Waals surface area contributed by atoms with E-state index in [4.69, 9.17) is 5.11 Å². The number of nitrogens with one attached hydrogen (secondary N) is 1. The molecule has 0 aliphatic heterocycles. The van der Waals surface area contributed by atoms with E-state index in [0.717, 1.165) is 10.2 Å². The summed E-state index contributed by atoms with van der Waals surface area (Å²) in [6.45, 7) is 0.110. The van der Waals surface area contributed by atoms with Crippen molar-refractivity contribution >= 4 is 0 Å². The van der Waals surface area contributed by atoms with Crippen molar-refractivity contribution in [1.82, 2.24) is 15.1 Å². The number of hydrogen-bond donors (Lipinski definition) is 2. The fourth-order valence-corrected chi connectivity index (χ4v) is 2.58. The first-order valence-electron chi connectivity index (χ1n) is 7.40. The normalized spacial score (nSPS) is 13.3. The predicted octanol–water partition coefficient (Wildman–Crippen LogP) is 3.04. The maximum absolute atomic E-state index is 13.1. The second kappa shape index (κ2) is 7.61. The van der Waals surface area contributed by atoms with Crippen LogP contribution in [0.15, 0.2) is 36.5 Å². The van der Waals surface area contributed by atoms with Crippen LogP contribution in [0.1, 0.15) is 35.7 Å². The molecule has 4 nitrogen and oxygen atoms in total. The Morgan fingerprint density at radius 3 is 2.57 bits per heavy atom. The third kappa shape index (κ3) is 4.56. The average molecular weight is 327 g/mol. The molecule has 2 N–H and O–H groups in total. The van der Waals surface area contributed by atoms with Crippen LogP contribution >= 0.6 is 0 Å². The Kier molecular flexibility index (Phi) is 5.79. The van der Waals surface area contributed by atoms with Crippen molar-refractivity contribution < 1.29 is 18.3 Å². The second-order valence-electron chi connectivity index (χ2n) is 5.35. The maximum Gasteiger partial charge on any atom is 0.433 e. The molecule has 1 atom stereocenters. The molecule has 0 bridgehead atoms. The molecule has 0 saturated heterocycles. The number of aliphatic hydroxyl groups excluding tert-OH is 1. The first-order valence-corrected chi connectivity index (χ1v) is 7.40. The van der Waals surface area contributed by atoms with Crippen LogP contribution in [0.2, 0.25) is 0 Å². The molecular weight excluding hydrogens is 307 g/mol. The van der Waals surface area contributed by atoms with Crippen LogP contribution in [0.5, 0.6) is 0 Å². The molecule has 23 heavy (non-hydrogen) atoms. The highest BCUT2D eigenvalue weighted by Crippen LogP contribution is 2.31. The minimum Gasteiger partial charge on any atom is -0.396 e. The van der Waals surface area contributed by atoms with E-state index in [0.29, 0.717) is 12.8 Å². The molecular formula is C16H20F3N3O. The lowest BCUT2D eigenvalue weighted by Gasteiger charge is -2.19. The molecule has 0 amide bonds. The van der Waals surface area contributed by atoms with Gasteiger partial charge in [-0.3, -0.25) is 4.68 Å². The Balaban J connectivity index is 2.13. The van der Waals surface area contributed by atoms with Crippen molar-refractivity contribution in [3.63, 3.8) is 0 Å². The minimum absolute atomic E-state index is 0.0473. The Morgan fingerprint density at radius 2 is 1.96 bits per heavy atom. The van der Waals surface area contributed by atoms with E-state index in [1.165, 1.54) is 13.2 Å². The highest BCUT2D eigenvalue weighted by atomic mass is 19.4. The third-order valence-electron chi connectivity index (χ3n) is 3.67. The molecule has 1 heterocycles. The predicted molar refractivity (Wildman–Crippen MR) is 80.6 cm³/mol. The van der Waals surface area contributed by atoms with Crippen molar-refractivity contribution in [1.29, 1.82) is 0 Å². The summed E-state index contributed by atoms with van der Waals surface area (Å²) >= 11 is 0. The van der Waals surface area contributed by atoms with Crippen molar-refractivity contribution in [2.45, 2.75) is 31.6 Å². The summed E-state index contributed by atoms with van der Waals surface area (Å²) in [6, 6.07) is 9.37. The molecule has 0 saturated carbocycles. The van der Waals surface area contributed by atoms with Crippen molar-refractivity contribution in [3.8, 4) is 0 Å². The van der Waals surface area contributed by atoms with Crippen LogP contribution in [0.3, 0.4) is 0 Å². The molecule has 0 aliphatic carbocycles. The van der Waals surface area contributed by atoms with Crippen molar-refractivity contribution in [3.05, 3.63) is 53.3 Å². The van der Waals surface area contributed by atoms with Gasteiger partial charge < -0.3 is 10.4 Å². The van der Waals surface area contributed by atoms with Crippen LogP contribution in [0.4, 0.5) is 13.2 Å². The van der Waals surface area contributed by atoms with E-state index in [-0.39, 0.29) is 24.8 Å². The molecule has 1 unspecified atom stereocenters. The largest absolute Gasteiger partial charge is 0.433 e. The van der Waals surface area contributed by atoms with Gasteiger partial charge in [0.2, 0.25) is 0 Å². The highest BCUT2D eigenvalue weighted by Gasteiger charge is 2.37. The van der Waals surface area contributed by atoms with Crippen LogP contribution in [-0.2, 0) is 19.8 Å². The van der Waals surface area contributed by atoms with E-state index < -0.39 is 11.9 Å². The summed E-state index contributed by atoms with van der Waals surface area (Å²) in [4.78, 5) is 0. The van der Waals surface area contributed by atoms with E-state index in [1.54, 1.807) is 0 Å². The molecule has 0 radical (unpaired) electrons. The number of nitrogens with zero attached hydrogens (tertiary/aromatic N) is 2. The lowest BCUT2D eigenvalue weighted by Crippen LogP contribution is -2.23. The van der Waals surface area contributed by atoms with Crippen LogP contribution in [-0.4, -0.2) is 21.5 Å². The van der Waals surface area contributed by atoms with E-state index in [2.05, 4.69) is 10.4 Å². The van der Waals surface area contributed by atoms with Gasteiger partial charge in [-0.2, -0.15) is 18.3 Å². The monoisotopic (exact) mass is 327 g/mol. The molecule has 1 aromatic carbocycles. The molecule has 1 aromatic heterocycles. The number of aromatic nitrogens is 2. The molecule has 0 spiro atoms. The zero-order valence-corrected chi connectivity index (χ0v) is 12.8. The Hall–Kier alpha value is -1.86. The molecule has 2 aromatic rings. The van der Waals surface area contributed by atoms with Gasteiger partial charge in [0.15, 0.2) is 0 Å². The number of hydrogen-bond acceptors (Lipinski definition) is 3. The van der Waals surface area contributed by atoms with Gasteiger partial charge in [0, 0.05) is 31.8 Å². The van der Waals surface area contributed by atoms with E-state index in [9.17, 15) is 13.2 Å². The first kappa shape index (κ1) is 17.5. The van der Waals surface area contributed by atoms with E-state index >= 15 is 0 Å². The van der Waals surface area contributed by atoms with Crippen LogP contribution < -0.4 is 5.32 Å². The molecule has 2 rings (SSSR count). The fourth-order valence-electron chi connectivity index (χ4n) is 2.58. The maximum atomic E-state index is 13.1. The smallest absolute Gasteiger partial charge is 0.396 e. The van der Waals surface area contributed by atoms with Crippen molar-refractivity contribution in [2.24, 2.45) is 7.05 Å². The number of alkyl halides is 3. The molecule has 0 aliphatic rings.